The third-order valence-electron chi connectivity index (χ3n) is 4.26. The van der Waals surface area contributed by atoms with Gasteiger partial charge < -0.3 is 10.6 Å². The molecule has 1 fully saturated rings. The molecule has 1 saturated heterocycles. The zero-order chi connectivity index (χ0) is 21.2. The standard InChI is InChI=1S/C20H16F3N3O3/c1-12-6-2-3-7-13(12)10-16-18(28)26(19(29)25-16)11-17(27)24-15-9-5-4-8-14(15)20(21,22)23/h2-10H,11H2,1H3,(H,24,27)(H,25,29)/b16-10-. The van der Waals surface area contributed by atoms with Crippen LogP contribution in [-0.2, 0) is 15.8 Å². The van der Waals surface area contributed by atoms with Crippen LogP contribution >= 0.6 is 0 Å². The topological polar surface area (TPSA) is 78.5 Å². The number of nitrogens with zero attached hydrogens (tertiary/aromatic N) is 1. The van der Waals surface area contributed by atoms with Crippen molar-refractivity contribution < 1.29 is 27.6 Å². The quantitative estimate of drug-likeness (QED) is 0.606. The highest BCUT2D eigenvalue weighted by atomic mass is 19.4. The molecule has 0 radical (unpaired) electrons. The molecule has 1 heterocycles. The van der Waals surface area contributed by atoms with Gasteiger partial charge in [0.15, 0.2) is 0 Å². The van der Waals surface area contributed by atoms with Crippen LogP contribution in [0.25, 0.3) is 6.08 Å². The van der Waals surface area contributed by atoms with Gasteiger partial charge in [-0.1, -0.05) is 36.4 Å². The zero-order valence-electron chi connectivity index (χ0n) is 15.2. The van der Waals surface area contributed by atoms with Crippen molar-refractivity contribution in [3.05, 3.63) is 70.9 Å². The number of amides is 4. The van der Waals surface area contributed by atoms with Crippen LogP contribution in [0.2, 0.25) is 0 Å². The Balaban J connectivity index is 1.74. The average Bonchev–Trinajstić information content (AvgIpc) is 2.90. The molecule has 0 aromatic heterocycles. The van der Waals surface area contributed by atoms with Crippen LogP contribution < -0.4 is 10.6 Å². The van der Waals surface area contributed by atoms with Crippen molar-refractivity contribution in [1.82, 2.24) is 10.2 Å². The Hall–Kier alpha value is -3.62. The molecule has 0 atom stereocenters. The van der Waals surface area contributed by atoms with Gasteiger partial charge in [-0.3, -0.25) is 9.59 Å². The zero-order valence-corrected chi connectivity index (χ0v) is 15.2. The van der Waals surface area contributed by atoms with Gasteiger partial charge in [-0.15, -0.1) is 0 Å². The Kier molecular flexibility index (Phi) is 5.40. The minimum Gasteiger partial charge on any atom is -0.324 e. The summed E-state index contributed by atoms with van der Waals surface area (Å²) < 4.78 is 39.1. The monoisotopic (exact) mass is 403 g/mol. The summed E-state index contributed by atoms with van der Waals surface area (Å²) in [7, 11) is 0. The number of aryl methyl sites for hydroxylation is 1. The Morgan fingerprint density at radius 1 is 1.10 bits per heavy atom. The van der Waals surface area contributed by atoms with Crippen molar-refractivity contribution in [2.75, 3.05) is 11.9 Å². The molecule has 9 heteroatoms. The lowest BCUT2D eigenvalue weighted by Gasteiger charge is -2.15. The fraction of sp³-hybridized carbons (Fsp3) is 0.150. The van der Waals surface area contributed by atoms with Crippen LogP contribution in [0.5, 0.6) is 0 Å². The van der Waals surface area contributed by atoms with Gasteiger partial charge in [-0.05, 0) is 36.3 Å². The van der Waals surface area contributed by atoms with Gasteiger partial charge in [0.05, 0.1) is 11.3 Å². The van der Waals surface area contributed by atoms with Crippen LogP contribution in [0.3, 0.4) is 0 Å². The second-order valence-electron chi connectivity index (χ2n) is 6.33. The fourth-order valence-electron chi connectivity index (χ4n) is 2.79. The van der Waals surface area contributed by atoms with E-state index in [0.29, 0.717) is 10.5 Å². The number of carbonyl (C=O) groups is 3. The molecule has 2 aromatic carbocycles. The third kappa shape index (κ3) is 4.45. The smallest absolute Gasteiger partial charge is 0.324 e. The van der Waals surface area contributed by atoms with E-state index in [1.54, 1.807) is 12.1 Å². The van der Waals surface area contributed by atoms with Gasteiger partial charge in [0.2, 0.25) is 5.91 Å². The van der Waals surface area contributed by atoms with E-state index < -0.39 is 41.8 Å². The lowest BCUT2D eigenvalue weighted by Crippen LogP contribution is -2.38. The molecule has 1 aliphatic heterocycles. The van der Waals surface area contributed by atoms with Gasteiger partial charge in [0, 0.05) is 0 Å². The van der Waals surface area contributed by atoms with E-state index in [1.807, 2.05) is 19.1 Å². The van der Waals surface area contributed by atoms with Crippen molar-refractivity contribution in [3.8, 4) is 0 Å². The molecule has 150 valence electrons. The van der Waals surface area contributed by atoms with Gasteiger partial charge in [-0.25, -0.2) is 9.69 Å². The van der Waals surface area contributed by atoms with Crippen LogP contribution in [0.4, 0.5) is 23.7 Å². The SMILES string of the molecule is Cc1ccccc1/C=C1\NC(=O)N(CC(=O)Nc2ccccc2C(F)(F)F)C1=O. The van der Waals surface area contributed by atoms with Crippen molar-refractivity contribution in [2.45, 2.75) is 13.1 Å². The first kappa shape index (κ1) is 20.1. The Bertz CT molecular complexity index is 1020. The van der Waals surface area contributed by atoms with Gasteiger partial charge in [-0.2, -0.15) is 13.2 Å². The van der Waals surface area contributed by atoms with E-state index in [0.717, 1.165) is 17.7 Å². The molecule has 0 bridgehead atoms. The Morgan fingerprint density at radius 2 is 1.76 bits per heavy atom. The Labute approximate surface area is 164 Å². The first-order chi connectivity index (χ1) is 13.7. The molecule has 1 aliphatic rings. The molecule has 0 aliphatic carbocycles. The second kappa shape index (κ2) is 7.78. The maximum Gasteiger partial charge on any atom is 0.418 e. The molecular formula is C20H16F3N3O3. The first-order valence-corrected chi connectivity index (χ1v) is 8.53. The van der Waals surface area contributed by atoms with E-state index in [9.17, 15) is 27.6 Å². The number of carbonyl (C=O) groups excluding carboxylic acids is 3. The van der Waals surface area contributed by atoms with E-state index in [2.05, 4.69) is 10.6 Å². The van der Waals surface area contributed by atoms with Crippen molar-refractivity contribution in [1.29, 1.82) is 0 Å². The number of urea groups is 1. The van der Waals surface area contributed by atoms with E-state index in [1.165, 1.54) is 18.2 Å². The van der Waals surface area contributed by atoms with Crippen LogP contribution in [0.15, 0.2) is 54.2 Å². The molecule has 2 N–H and O–H groups in total. The number of alkyl halides is 3. The van der Waals surface area contributed by atoms with Gasteiger partial charge >= 0.3 is 12.2 Å². The number of anilines is 1. The molecule has 3 rings (SSSR count). The maximum absolute atomic E-state index is 13.0. The summed E-state index contributed by atoms with van der Waals surface area (Å²) in [5.74, 6) is -1.67. The predicted molar refractivity (Wildman–Crippen MR) is 99.5 cm³/mol. The minimum absolute atomic E-state index is 0.0206. The van der Waals surface area contributed by atoms with Gasteiger partial charge in [0.25, 0.3) is 5.91 Å². The molecule has 6 nitrogen and oxygen atoms in total. The number of halogens is 3. The van der Waals surface area contributed by atoms with Crippen molar-refractivity contribution in [2.24, 2.45) is 0 Å². The number of hydrogen-bond acceptors (Lipinski definition) is 3. The van der Waals surface area contributed by atoms with Crippen molar-refractivity contribution in [3.63, 3.8) is 0 Å². The summed E-state index contributed by atoms with van der Waals surface area (Å²) in [5, 5.41) is 4.48. The average molecular weight is 403 g/mol. The summed E-state index contributed by atoms with van der Waals surface area (Å²) in [4.78, 5) is 37.4. The van der Waals surface area contributed by atoms with E-state index in [4.69, 9.17) is 0 Å². The summed E-state index contributed by atoms with van der Waals surface area (Å²) in [6, 6.07) is 10.8. The Morgan fingerprint density at radius 3 is 2.45 bits per heavy atom. The lowest BCUT2D eigenvalue weighted by molar-refractivity contribution is -0.137. The molecule has 0 spiro atoms. The molecule has 0 saturated carbocycles. The highest BCUT2D eigenvalue weighted by molar-refractivity contribution is 6.16. The molecule has 4 amide bonds. The molecule has 0 unspecified atom stereocenters. The number of hydrogen-bond donors (Lipinski definition) is 2. The summed E-state index contributed by atoms with van der Waals surface area (Å²) in [5.41, 5.74) is 0.0924. The van der Waals surface area contributed by atoms with Crippen LogP contribution in [0, 0.1) is 6.92 Å². The van der Waals surface area contributed by atoms with Crippen LogP contribution in [0.1, 0.15) is 16.7 Å². The summed E-state index contributed by atoms with van der Waals surface area (Å²) in [6.45, 7) is 1.11. The van der Waals surface area contributed by atoms with Gasteiger partial charge in [0.1, 0.15) is 12.2 Å². The van der Waals surface area contributed by atoms with E-state index >= 15 is 0 Å². The largest absolute Gasteiger partial charge is 0.418 e. The summed E-state index contributed by atoms with van der Waals surface area (Å²) in [6.07, 6.45) is -3.18. The second-order valence-corrected chi connectivity index (χ2v) is 6.33. The fourth-order valence-corrected chi connectivity index (χ4v) is 2.79. The maximum atomic E-state index is 13.0. The predicted octanol–water partition coefficient (Wildman–Crippen LogP) is 3.55. The number of benzene rings is 2. The number of rotatable bonds is 4. The van der Waals surface area contributed by atoms with Crippen LogP contribution in [-0.4, -0.2) is 29.3 Å². The third-order valence-corrected chi connectivity index (χ3v) is 4.26. The number of nitrogens with one attached hydrogen (secondary N) is 2. The molecule has 29 heavy (non-hydrogen) atoms. The number of imide groups is 1. The molecule has 2 aromatic rings. The number of para-hydroxylation sites is 1. The minimum atomic E-state index is -4.66. The first-order valence-electron chi connectivity index (χ1n) is 8.53. The summed E-state index contributed by atoms with van der Waals surface area (Å²) >= 11 is 0. The molecular weight excluding hydrogens is 387 g/mol. The normalized spacial score (nSPS) is 15.6. The highest BCUT2D eigenvalue weighted by Crippen LogP contribution is 2.34. The van der Waals surface area contributed by atoms with E-state index in [-0.39, 0.29) is 5.70 Å². The lowest BCUT2D eigenvalue weighted by atomic mass is 10.1. The highest BCUT2D eigenvalue weighted by Gasteiger charge is 2.36. The van der Waals surface area contributed by atoms with Crippen molar-refractivity contribution >= 4 is 29.6 Å².